The Balaban J connectivity index is 0.00000392. The molecule has 28 heavy (non-hydrogen) atoms. The van der Waals surface area contributed by atoms with E-state index in [1.165, 1.54) is 38.5 Å². The molecule has 1 fully saturated rings. The summed E-state index contributed by atoms with van der Waals surface area (Å²) < 4.78 is 6.04. The van der Waals surface area contributed by atoms with Gasteiger partial charge in [0, 0.05) is 32.7 Å². The predicted octanol–water partition coefficient (Wildman–Crippen LogP) is 4.07. The molecule has 6 heteroatoms. The Labute approximate surface area is 187 Å². The summed E-state index contributed by atoms with van der Waals surface area (Å²) in [6.45, 7) is 2.51. The number of ether oxygens (including phenoxy) is 1. The molecule has 0 spiro atoms. The Hall–Kier alpha value is -0.860. The molecule has 2 rings (SSSR count). The number of aliphatic imine (C=N–C) groups is 1. The molecule has 0 radical (unpaired) electrons. The molecule has 160 valence electrons. The van der Waals surface area contributed by atoms with Gasteiger partial charge in [-0.15, -0.1) is 24.0 Å². The molecule has 0 bridgehead atoms. The lowest BCUT2D eigenvalue weighted by atomic mass is 10.0. The highest BCUT2D eigenvalue weighted by Crippen LogP contribution is 2.20. The minimum absolute atomic E-state index is 0. The standard InChI is InChI=1S/C22H37N3O2.HI/c1-23-22(25-17-20(18-26)19-11-5-4-6-12-19)24-15-9-10-16-27-21-13-7-2-3-8-14-21;/h4-6,11-12,20-21,26H,2-3,7-10,13-18H2,1H3,(H2,23,24,25);1H. The fraction of sp³-hybridized carbons (Fsp3) is 0.682. The van der Waals surface area contributed by atoms with Crippen LogP contribution in [0.4, 0.5) is 0 Å². The van der Waals surface area contributed by atoms with E-state index in [0.29, 0.717) is 12.6 Å². The van der Waals surface area contributed by atoms with E-state index in [1.54, 1.807) is 7.05 Å². The van der Waals surface area contributed by atoms with Gasteiger partial charge in [0.25, 0.3) is 0 Å². The zero-order valence-corrected chi connectivity index (χ0v) is 19.6. The second-order valence-electron chi connectivity index (χ2n) is 7.36. The average molecular weight is 503 g/mol. The molecule has 0 aromatic heterocycles. The van der Waals surface area contributed by atoms with E-state index in [1.807, 2.05) is 30.3 Å². The van der Waals surface area contributed by atoms with Crippen molar-refractivity contribution >= 4 is 29.9 Å². The number of aliphatic hydroxyl groups is 1. The van der Waals surface area contributed by atoms with Gasteiger partial charge in [-0.1, -0.05) is 56.0 Å². The van der Waals surface area contributed by atoms with Crippen LogP contribution in [0.3, 0.4) is 0 Å². The Bertz CT molecular complexity index is 520. The lowest BCUT2D eigenvalue weighted by molar-refractivity contribution is 0.0411. The highest BCUT2D eigenvalue weighted by Gasteiger charge is 2.12. The summed E-state index contributed by atoms with van der Waals surface area (Å²) in [6, 6.07) is 10.1. The third-order valence-corrected chi connectivity index (χ3v) is 5.25. The van der Waals surface area contributed by atoms with Crippen LogP contribution in [0.2, 0.25) is 0 Å². The Morgan fingerprint density at radius 2 is 1.82 bits per heavy atom. The van der Waals surface area contributed by atoms with Crippen LogP contribution in [0, 0.1) is 0 Å². The fourth-order valence-corrected chi connectivity index (χ4v) is 3.55. The number of benzene rings is 1. The maximum atomic E-state index is 9.65. The van der Waals surface area contributed by atoms with Crippen molar-refractivity contribution in [2.45, 2.75) is 63.4 Å². The van der Waals surface area contributed by atoms with Crippen LogP contribution < -0.4 is 10.6 Å². The van der Waals surface area contributed by atoms with Crippen molar-refractivity contribution in [1.82, 2.24) is 10.6 Å². The molecular weight excluding hydrogens is 465 g/mol. The lowest BCUT2D eigenvalue weighted by Crippen LogP contribution is -2.40. The normalized spacial score (nSPS) is 16.7. The van der Waals surface area contributed by atoms with Crippen molar-refractivity contribution in [2.75, 3.05) is 33.4 Å². The van der Waals surface area contributed by atoms with Gasteiger partial charge in [0.05, 0.1) is 12.7 Å². The molecule has 1 aromatic rings. The Kier molecular flexibility index (Phi) is 14.4. The molecular formula is C22H38IN3O2. The van der Waals surface area contributed by atoms with Gasteiger partial charge in [-0.3, -0.25) is 4.99 Å². The van der Waals surface area contributed by atoms with Gasteiger partial charge < -0.3 is 20.5 Å². The molecule has 0 saturated heterocycles. The molecule has 0 heterocycles. The second kappa shape index (κ2) is 16.0. The van der Waals surface area contributed by atoms with Crippen molar-refractivity contribution < 1.29 is 9.84 Å². The first-order valence-corrected chi connectivity index (χ1v) is 10.6. The molecule has 1 saturated carbocycles. The first-order valence-electron chi connectivity index (χ1n) is 10.6. The molecule has 0 aliphatic heterocycles. The minimum atomic E-state index is 0. The zero-order chi connectivity index (χ0) is 19.2. The molecule has 5 nitrogen and oxygen atoms in total. The van der Waals surface area contributed by atoms with E-state index >= 15 is 0 Å². The van der Waals surface area contributed by atoms with E-state index in [2.05, 4.69) is 15.6 Å². The monoisotopic (exact) mass is 503 g/mol. The predicted molar refractivity (Wildman–Crippen MR) is 128 cm³/mol. The van der Waals surface area contributed by atoms with Crippen molar-refractivity contribution in [3.63, 3.8) is 0 Å². The lowest BCUT2D eigenvalue weighted by Gasteiger charge is -2.18. The summed E-state index contributed by atoms with van der Waals surface area (Å²) in [5.41, 5.74) is 1.14. The van der Waals surface area contributed by atoms with Gasteiger partial charge in [-0.05, 0) is 31.2 Å². The van der Waals surface area contributed by atoms with Crippen LogP contribution in [0.1, 0.15) is 62.8 Å². The number of unbranched alkanes of at least 4 members (excludes halogenated alkanes) is 1. The molecule has 1 atom stereocenters. The summed E-state index contributed by atoms with van der Waals surface area (Å²) in [6.07, 6.45) is 10.5. The minimum Gasteiger partial charge on any atom is -0.396 e. The maximum absolute atomic E-state index is 9.65. The topological polar surface area (TPSA) is 65.9 Å². The molecule has 1 aromatic carbocycles. The maximum Gasteiger partial charge on any atom is 0.190 e. The van der Waals surface area contributed by atoms with Gasteiger partial charge in [-0.25, -0.2) is 0 Å². The first kappa shape index (κ1) is 25.2. The van der Waals surface area contributed by atoms with E-state index in [9.17, 15) is 5.11 Å². The fourth-order valence-electron chi connectivity index (χ4n) is 3.55. The smallest absolute Gasteiger partial charge is 0.190 e. The molecule has 0 amide bonds. The summed E-state index contributed by atoms with van der Waals surface area (Å²) in [5, 5.41) is 16.3. The Morgan fingerprint density at radius 1 is 1.11 bits per heavy atom. The number of halogens is 1. The quantitative estimate of drug-likeness (QED) is 0.148. The zero-order valence-electron chi connectivity index (χ0n) is 17.2. The molecule has 1 aliphatic rings. The average Bonchev–Trinajstić information content (AvgIpc) is 2.99. The van der Waals surface area contributed by atoms with E-state index in [0.717, 1.165) is 37.5 Å². The van der Waals surface area contributed by atoms with Crippen LogP contribution in [-0.2, 0) is 4.74 Å². The van der Waals surface area contributed by atoms with E-state index in [-0.39, 0.29) is 36.5 Å². The van der Waals surface area contributed by atoms with Gasteiger partial charge in [-0.2, -0.15) is 0 Å². The highest BCUT2D eigenvalue weighted by atomic mass is 127. The van der Waals surface area contributed by atoms with Crippen LogP contribution in [0.15, 0.2) is 35.3 Å². The van der Waals surface area contributed by atoms with Gasteiger partial charge in [0.1, 0.15) is 0 Å². The summed E-state index contributed by atoms with van der Waals surface area (Å²) >= 11 is 0. The molecule has 1 unspecified atom stereocenters. The first-order chi connectivity index (χ1) is 13.3. The number of guanidine groups is 1. The van der Waals surface area contributed by atoms with Crippen LogP contribution in [0.25, 0.3) is 0 Å². The number of aliphatic hydroxyl groups excluding tert-OH is 1. The van der Waals surface area contributed by atoms with Crippen molar-refractivity contribution in [3.8, 4) is 0 Å². The third kappa shape index (κ3) is 10.1. The van der Waals surface area contributed by atoms with E-state index < -0.39 is 0 Å². The molecule has 3 N–H and O–H groups in total. The van der Waals surface area contributed by atoms with Crippen molar-refractivity contribution in [1.29, 1.82) is 0 Å². The number of hydrogen-bond donors (Lipinski definition) is 3. The number of nitrogens with one attached hydrogen (secondary N) is 2. The Morgan fingerprint density at radius 3 is 2.46 bits per heavy atom. The van der Waals surface area contributed by atoms with Crippen molar-refractivity contribution in [2.24, 2.45) is 4.99 Å². The van der Waals surface area contributed by atoms with Crippen molar-refractivity contribution in [3.05, 3.63) is 35.9 Å². The van der Waals surface area contributed by atoms with Gasteiger partial charge in [0.15, 0.2) is 5.96 Å². The van der Waals surface area contributed by atoms with Crippen LogP contribution >= 0.6 is 24.0 Å². The SMILES string of the molecule is CN=C(NCCCCOC1CCCCCC1)NCC(CO)c1ccccc1.I. The summed E-state index contributed by atoms with van der Waals surface area (Å²) in [4.78, 5) is 4.27. The summed E-state index contributed by atoms with van der Waals surface area (Å²) in [7, 11) is 1.78. The largest absolute Gasteiger partial charge is 0.396 e. The van der Waals surface area contributed by atoms with Gasteiger partial charge >= 0.3 is 0 Å². The number of nitrogens with zero attached hydrogens (tertiary/aromatic N) is 1. The number of rotatable bonds is 10. The highest BCUT2D eigenvalue weighted by molar-refractivity contribution is 14.0. The second-order valence-corrected chi connectivity index (χ2v) is 7.36. The molecule has 1 aliphatic carbocycles. The van der Waals surface area contributed by atoms with Gasteiger partial charge in [0.2, 0.25) is 0 Å². The van der Waals surface area contributed by atoms with Crippen LogP contribution in [0.5, 0.6) is 0 Å². The third-order valence-electron chi connectivity index (χ3n) is 5.25. The van der Waals surface area contributed by atoms with E-state index in [4.69, 9.17) is 4.74 Å². The number of hydrogen-bond acceptors (Lipinski definition) is 3. The summed E-state index contributed by atoms with van der Waals surface area (Å²) in [5.74, 6) is 0.854. The van der Waals surface area contributed by atoms with Crippen LogP contribution in [-0.4, -0.2) is 50.5 Å².